The molecule has 5 heteroatoms. The largest absolute Gasteiger partial charge is 0.487 e. The predicted molar refractivity (Wildman–Crippen MR) is 115 cm³/mol. The summed E-state index contributed by atoms with van der Waals surface area (Å²) in [6.45, 7) is 2.44. The first kappa shape index (κ1) is 20.2. The fourth-order valence-electron chi connectivity index (χ4n) is 2.97. The molecule has 0 unspecified atom stereocenters. The third-order valence-electron chi connectivity index (χ3n) is 4.57. The number of benzene rings is 3. The van der Waals surface area contributed by atoms with E-state index in [2.05, 4.69) is 25.1 Å². The van der Waals surface area contributed by atoms with E-state index in [4.69, 9.17) is 27.3 Å². The van der Waals surface area contributed by atoms with Crippen molar-refractivity contribution in [3.63, 3.8) is 0 Å². The minimum Gasteiger partial charge on any atom is -0.487 e. The molecular formula is C24H19ClN2O2. The fraction of sp³-hybridized carbons (Fsp3) is 0.0833. The summed E-state index contributed by atoms with van der Waals surface area (Å²) < 4.78 is 5.92. The molecule has 0 spiro atoms. The van der Waals surface area contributed by atoms with Crippen molar-refractivity contribution in [3.05, 3.63) is 94.0 Å². The Morgan fingerprint density at radius 2 is 1.90 bits per heavy atom. The number of primary amides is 1. The highest BCUT2D eigenvalue weighted by molar-refractivity contribution is 6.32. The minimum absolute atomic E-state index is 0.136. The lowest BCUT2D eigenvalue weighted by molar-refractivity contribution is -0.114. The topological polar surface area (TPSA) is 76.1 Å². The quantitative estimate of drug-likeness (QED) is 0.449. The molecule has 0 atom stereocenters. The summed E-state index contributed by atoms with van der Waals surface area (Å²) in [6.07, 6.45) is 1.39. The highest BCUT2D eigenvalue weighted by Crippen LogP contribution is 2.29. The Bertz CT molecular complexity index is 1120. The normalized spacial score (nSPS) is 11.0. The lowest BCUT2D eigenvalue weighted by Gasteiger charge is -2.14. The molecule has 0 aliphatic rings. The van der Waals surface area contributed by atoms with Crippen molar-refractivity contribution in [3.8, 4) is 22.9 Å². The Kier molecular flexibility index (Phi) is 6.33. The Morgan fingerprint density at radius 1 is 1.14 bits per heavy atom. The van der Waals surface area contributed by atoms with Gasteiger partial charge in [-0.1, -0.05) is 66.2 Å². The van der Waals surface area contributed by atoms with Crippen LogP contribution in [0, 0.1) is 18.3 Å². The van der Waals surface area contributed by atoms with Crippen molar-refractivity contribution in [2.45, 2.75) is 13.5 Å². The van der Waals surface area contributed by atoms with Gasteiger partial charge < -0.3 is 10.5 Å². The van der Waals surface area contributed by atoms with Crippen LogP contribution in [0.2, 0.25) is 5.02 Å². The summed E-state index contributed by atoms with van der Waals surface area (Å²) in [6, 6.07) is 23.1. The van der Waals surface area contributed by atoms with Crippen LogP contribution in [0.15, 0.2) is 72.3 Å². The van der Waals surface area contributed by atoms with Gasteiger partial charge in [-0.3, -0.25) is 4.79 Å². The molecule has 0 aromatic heterocycles. The van der Waals surface area contributed by atoms with E-state index in [1.165, 1.54) is 6.08 Å². The fourth-order valence-corrected chi connectivity index (χ4v) is 3.22. The van der Waals surface area contributed by atoms with Crippen LogP contribution in [-0.2, 0) is 11.4 Å². The highest BCUT2D eigenvalue weighted by atomic mass is 35.5. The molecule has 0 aliphatic heterocycles. The van der Waals surface area contributed by atoms with Gasteiger partial charge in [0.2, 0.25) is 0 Å². The second kappa shape index (κ2) is 9.09. The molecule has 2 N–H and O–H groups in total. The van der Waals surface area contributed by atoms with Crippen LogP contribution < -0.4 is 10.5 Å². The summed E-state index contributed by atoms with van der Waals surface area (Å²) >= 11 is 6.32. The second-order valence-corrected chi connectivity index (χ2v) is 6.88. The van der Waals surface area contributed by atoms with E-state index >= 15 is 0 Å². The van der Waals surface area contributed by atoms with Crippen molar-refractivity contribution >= 4 is 23.6 Å². The number of nitrogens with zero attached hydrogens (tertiary/aromatic N) is 1. The Morgan fingerprint density at radius 3 is 2.55 bits per heavy atom. The third kappa shape index (κ3) is 4.84. The van der Waals surface area contributed by atoms with Crippen LogP contribution in [0.4, 0.5) is 0 Å². The molecule has 3 aromatic carbocycles. The molecule has 0 radical (unpaired) electrons. The van der Waals surface area contributed by atoms with E-state index in [1.807, 2.05) is 30.3 Å². The Hall–Kier alpha value is -3.55. The van der Waals surface area contributed by atoms with Crippen LogP contribution in [0.5, 0.6) is 5.75 Å². The van der Waals surface area contributed by atoms with Gasteiger partial charge in [0.05, 0.1) is 5.02 Å². The van der Waals surface area contributed by atoms with Crippen molar-refractivity contribution in [2.75, 3.05) is 0 Å². The van der Waals surface area contributed by atoms with Crippen LogP contribution >= 0.6 is 11.6 Å². The molecule has 3 aromatic rings. The second-order valence-electron chi connectivity index (χ2n) is 6.47. The SMILES string of the molecule is Cc1c(COc2ccc(/C=C(\C#N)C(N)=O)cc2Cl)cccc1-c1ccccc1. The highest BCUT2D eigenvalue weighted by Gasteiger charge is 2.09. The molecule has 3 rings (SSSR count). The summed E-state index contributed by atoms with van der Waals surface area (Å²) in [4.78, 5) is 11.2. The van der Waals surface area contributed by atoms with Crippen LogP contribution in [0.3, 0.4) is 0 Å². The molecule has 0 bridgehead atoms. The minimum atomic E-state index is -0.780. The number of carbonyl (C=O) groups is 1. The molecule has 144 valence electrons. The Labute approximate surface area is 174 Å². The number of hydrogen-bond acceptors (Lipinski definition) is 3. The number of rotatable bonds is 6. The first-order valence-corrected chi connectivity index (χ1v) is 9.35. The molecule has 29 heavy (non-hydrogen) atoms. The van der Waals surface area contributed by atoms with Gasteiger partial charge in [0.15, 0.2) is 0 Å². The number of nitriles is 1. The number of amides is 1. The van der Waals surface area contributed by atoms with E-state index in [0.717, 1.165) is 22.3 Å². The van der Waals surface area contributed by atoms with Gasteiger partial charge >= 0.3 is 0 Å². The molecule has 0 saturated carbocycles. The van der Waals surface area contributed by atoms with Gasteiger partial charge in [-0.05, 0) is 52.9 Å². The van der Waals surface area contributed by atoms with Gasteiger partial charge in [-0.2, -0.15) is 5.26 Å². The van der Waals surface area contributed by atoms with E-state index < -0.39 is 5.91 Å². The summed E-state index contributed by atoms with van der Waals surface area (Å²) in [5.74, 6) is -0.261. The van der Waals surface area contributed by atoms with Crippen LogP contribution in [0.1, 0.15) is 16.7 Å². The molecule has 4 nitrogen and oxygen atoms in total. The zero-order valence-corrected chi connectivity index (χ0v) is 16.6. The monoisotopic (exact) mass is 402 g/mol. The molecule has 0 aliphatic carbocycles. The van der Waals surface area contributed by atoms with Gasteiger partial charge in [-0.15, -0.1) is 0 Å². The molecular weight excluding hydrogens is 384 g/mol. The lowest BCUT2D eigenvalue weighted by Crippen LogP contribution is -2.12. The van der Waals surface area contributed by atoms with E-state index in [0.29, 0.717) is 22.9 Å². The molecule has 1 amide bonds. The van der Waals surface area contributed by atoms with Crippen LogP contribution in [0.25, 0.3) is 17.2 Å². The first-order chi connectivity index (χ1) is 14.0. The number of hydrogen-bond donors (Lipinski definition) is 1. The number of ether oxygens (including phenoxy) is 1. The first-order valence-electron chi connectivity index (χ1n) is 8.97. The standard InChI is InChI=1S/C24H19ClN2O2/c1-16-19(8-5-9-21(16)18-6-3-2-4-7-18)15-29-23-11-10-17(13-22(23)25)12-20(14-26)24(27)28/h2-13H,15H2,1H3,(H2,27,28)/b20-12+. The van der Waals surface area contributed by atoms with Crippen molar-refractivity contribution < 1.29 is 9.53 Å². The van der Waals surface area contributed by atoms with Crippen molar-refractivity contribution in [2.24, 2.45) is 5.73 Å². The van der Waals surface area contributed by atoms with E-state index in [9.17, 15) is 4.79 Å². The maximum Gasteiger partial charge on any atom is 0.259 e. The molecule has 0 saturated heterocycles. The molecule has 0 fully saturated rings. The van der Waals surface area contributed by atoms with E-state index in [1.54, 1.807) is 24.3 Å². The predicted octanol–water partition coefficient (Wildman–Crippen LogP) is 5.29. The summed E-state index contributed by atoms with van der Waals surface area (Å²) in [7, 11) is 0. The zero-order valence-electron chi connectivity index (χ0n) is 15.9. The summed E-state index contributed by atoms with van der Waals surface area (Å²) in [5, 5.41) is 9.33. The maximum absolute atomic E-state index is 11.2. The average molecular weight is 403 g/mol. The van der Waals surface area contributed by atoms with Gasteiger partial charge in [-0.25, -0.2) is 0 Å². The average Bonchev–Trinajstić information content (AvgIpc) is 2.72. The maximum atomic E-state index is 11.2. The van der Waals surface area contributed by atoms with Crippen molar-refractivity contribution in [1.82, 2.24) is 0 Å². The number of carbonyl (C=O) groups excluding carboxylic acids is 1. The smallest absolute Gasteiger partial charge is 0.259 e. The molecule has 0 heterocycles. The van der Waals surface area contributed by atoms with Gasteiger partial charge in [0, 0.05) is 0 Å². The number of nitrogens with two attached hydrogens (primary N) is 1. The number of halogens is 1. The third-order valence-corrected chi connectivity index (χ3v) is 4.86. The van der Waals surface area contributed by atoms with E-state index in [-0.39, 0.29) is 5.57 Å². The van der Waals surface area contributed by atoms with Gasteiger partial charge in [0.25, 0.3) is 5.91 Å². The van der Waals surface area contributed by atoms with Gasteiger partial charge in [0.1, 0.15) is 24.0 Å². The lowest BCUT2D eigenvalue weighted by atomic mass is 9.97. The summed E-state index contributed by atoms with van der Waals surface area (Å²) in [5.41, 5.74) is 10.1. The zero-order chi connectivity index (χ0) is 20.8. The Balaban J connectivity index is 1.79. The van der Waals surface area contributed by atoms with Crippen LogP contribution in [-0.4, -0.2) is 5.91 Å². The van der Waals surface area contributed by atoms with Crippen molar-refractivity contribution in [1.29, 1.82) is 5.26 Å².